The molecular formula is C11H13FO2. The normalized spacial score (nSPS) is 30.1. The summed E-state index contributed by atoms with van der Waals surface area (Å²) in [4.78, 5) is 0. The Morgan fingerprint density at radius 3 is 2.71 bits per heavy atom. The van der Waals surface area contributed by atoms with Crippen molar-refractivity contribution in [2.45, 2.75) is 18.9 Å². The molecule has 1 N–H and O–H groups in total. The van der Waals surface area contributed by atoms with Crippen LogP contribution in [0, 0.1) is 11.7 Å². The molecule has 1 aliphatic rings. The molecule has 3 heteroatoms. The molecule has 1 fully saturated rings. The fourth-order valence-electron chi connectivity index (χ4n) is 1.74. The first-order chi connectivity index (χ1) is 6.58. The molecule has 1 saturated carbocycles. The molecule has 0 aromatic heterocycles. The first-order valence-electron chi connectivity index (χ1n) is 4.64. The largest absolute Gasteiger partial charge is 0.494 e. The average molecular weight is 196 g/mol. The molecule has 2 atom stereocenters. The summed E-state index contributed by atoms with van der Waals surface area (Å²) in [6, 6.07) is 4.51. The standard InChI is InChI=1S/C11H13FO2/c1-7-6-11(7,13)8-3-4-9(12)10(5-8)14-2/h3-5,7,13H,6H2,1-2H3. The van der Waals surface area contributed by atoms with Gasteiger partial charge in [0, 0.05) is 0 Å². The summed E-state index contributed by atoms with van der Waals surface area (Å²) in [6.07, 6.45) is 0.738. The van der Waals surface area contributed by atoms with E-state index in [0.29, 0.717) is 0 Å². The number of ether oxygens (including phenoxy) is 1. The van der Waals surface area contributed by atoms with Gasteiger partial charge in [-0.25, -0.2) is 4.39 Å². The minimum absolute atomic E-state index is 0.190. The third-order valence-electron chi connectivity index (χ3n) is 2.92. The summed E-state index contributed by atoms with van der Waals surface area (Å²) in [5.41, 5.74) is -0.0238. The highest BCUT2D eigenvalue weighted by Gasteiger charge is 2.51. The molecule has 0 heterocycles. The van der Waals surface area contributed by atoms with Crippen LogP contribution in [-0.4, -0.2) is 12.2 Å². The van der Waals surface area contributed by atoms with E-state index in [1.807, 2.05) is 6.92 Å². The predicted molar refractivity (Wildman–Crippen MR) is 50.6 cm³/mol. The number of rotatable bonds is 2. The van der Waals surface area contributed by atoms with E-state index < -0.39 is 11.4 Å². The lowest BCUT2D eigenvalue weighted by molar-refractivity contribution is 0.134. The van der Waals surface area contributed by atoms with Crippen molar-refractivity contribution in [3.05, 3.63) is 29.6 Å². The maximum Gasteiger partial charge on any atom is 0.165 e. The summed E-state index contributed by atoms with van der Waals surface area (Å²) < 4.78 is 17.9. The van der Waals surface area contributed by atoms with Crippen LogP contribution in [0.15, 0.2) is 18.2 Å². The molecule has 0 bridgehead atoms. The van der Waals surface area contributed by atoms with E-state index in [1.54, 1.807) is 12.1 Å². The van der Waals surface area contributed by atoms with Crippen LogP contribution in [0.2, 0.25) is 0 Å². The van der Waals surface area contributed by atoms with Gasteiger partial charge in [0.15, 0.2) is 11.6 Å². The van der Waals surface area contributed by atoms with Gasteiger partial charge in [0.05, 0.1) is 12.7 Å². The molecule has 0 spiro atoms. The van der Waals surface area contributed by atoms with Crippen LogP contribution in [-0.2, 0) is 5.60 Å². The minimum Gasteiger partial charge on any atom is -0.494 e. The molecule has 1 aromatic rings. The summed E-state index contributed by atoms with van der Waals surface area (Å²) >= 11 is 0. The van der Waals surface area contributed by atoms with Gasteiger partial charge in [-0.3, -0.25) is 0 Å². The van der Waals surface area contributed by atoms with Gasteiger partial charge in [-0.2, -0.15) is 0 Å². The number of aliphatic hydroxyl groups is 1. The Morgan fingerprint density at radius 2 is 2.21 bits per heavy atom. The average Bonchev–Trinajstić information content (AvgIpc) is 2.76. The highest BCUT2D eigenvalue weighted by molar-refractivity contribution is 5.37. The Balaban J connectivity index is 2.37. The molecule has 1 aliphatic carbocycles. The van der Waals surface area contributed by atoms with Crippen molar-refractivity contribution in [1.29, 1.82) is 0 Å². The molecule has 0 aliphatic heterocycles. The highest BCUT2D eigenvalue weighted by atomic mass is 19.1. The van der Waals surface area contributed by atoms with Crippen LogP contribution in [0.1, 0.15) is 18.9 Å². The van der Waals surface area contributed by atoms with Crippen molar-refractivity contribution in [1.82, 2.24) is 0 Å². The Bertz CT molecular complexity index is 364. The van der Waals surface area contributed by atoms with Crippen LogP contribution in [0.5, 0.6) is 5.75 Å². The lowest BCUT2D eigenvalue weighted by Gasteiger charge is -2.11. The topological polar surface area (TPSA) is 29.5 Å². The van der Waals surface area contributed by atoms with Crippen molar-refractivity contribution in [3.8, 4) is 5.75 Å². The fraction of sp³-hybridized carbons (Fsp3) is 0.455. The van der Waals surface area contributed by atoms with Gasteiger partial charge in [0.25, 0.3) is 0 Å². The van der Waals surface area contributed by atoms with Gasteiger partial charge in [-0.15, -0.1) is 0 Å². The van der Waals surface area contributed by atoms with Gasteiger partial charge in [0.1, 0.15) is 0 Å². The third kappa shape index (κ3) is 1.28. The van der Waals surface area contributed by atoms with E-state index in [4.69, 9.17) is 4.74 Å². The van der Waals surface area contributed by atoms with Gasteiger partial charge >= 0.3 is 0 Å². The molecular weight excluding hydrogens is 183 g/mol. The summed E-state index contributed by atoms with van der Waals surface area (Å²) in [5.74, 6) is 0.0424. The maximum atomic E-state index is 13.1. The second kappa shape index (κ2) is 2.95. The number of hydrogen-bond acceptors (Lipinski definition) is 2. The molecule has 1 aromatic carbocycles. The van der Waals surface area contributed by atoms with E-state index in [1.165, 1.54) is 13.2 Å². The lowest BCUT2D eigenvalue weighted by atomic mass is 10.1. The molecule has 2 rings (SSSR count). The van der Waals surface area contributed by atoms with Gasteiger partial charge in [0.2, 0.25) is 0 Å². The molecule has 0 amide bonds. The number of benzene rings is 1. The van der Waals surface area contributed by atoms with Gasteiger partial charge in [-0.05, 0) is 30.0 Å². The predicted octanol–water partition coefficient (Wildman–Crippen LogP) is 2.06. The second-order valence-corrected chi connectivity index (χ2v) is 3.88. The Morgan fingerprint density at radius 1 is 1.57 bits per heavy atom. The lowest BCUT2D eigenvalue weighted by Crippen LogP contribution is -2.07. The Kier molecular flexibility index (Phi) is 2.00. The van der Waals surface area contributed by atoms with Crippen LogP contribution >= 0.6 is 0 Å². The SMILES string of the molecule is COc1cc(C2(O)CC2C)ccc1F. The summed E-state index contributed by atoms with van der Waals surface area (Å²) in [7, 11) is 1.42. The molecule has 0 radical (unpaired) electrons. The summed E-state index contributed by atoms with van der Waals surface area (Å²) in [5, 5.41) is 10.0. The van der Waals surface area contributed by atoms with E-state index in [0.717, 1.165) is 12.0 Å². The smallest absolute Gasteiger partial charge is 0.165 e. The molecule has 76 valence electrons. The van der Waals surface area contributed by atoms with Crippen LogP contribution in [0.3, 0.4) is 0 Å². The first kappa shape index (κ1) is 9.46. The Hall–Kier alpha value is -1.09. The number of hydrogen-bond donors (Lipinski definition) is 1. The molecule has 2 nitrogen and oxygen atoms in total. The van der Waals surface area contributed by atoms with Gasteiger partial charge in [-0.1, -0.05) is 13.0 Å². The van der Waals surface area contributed by atoms with Crippen LogP contribution in [0.25, 0.3) is 0 Å². The molecule has 2 unspecified atom stereocenters. The van der Waals surface area contributed by atoms with Crippen molar-refractivity contribution >= 4 is 0 Å². The van der Waals surface area contributed by atoms with E-state index in [2.05, 4.69) is 0 Å². The second-order valence-electron chi connectivity index (χ2n) is 3.88. The Labute approximate surface area is 82.3 Å². The third-order valence-corrected chi connectivity index (χ3v) is 2.92. The van der Waals surface area contributed by atoms with Crippen LogP contribution < -0.4 is 4.74 Å². The van der Waals surface area contributed by atoms with Crippen molar-refractivity contribution < 1.29 is 14.2 Å². The summed E-state index contributed by atoms with van der Waals surface area (Å²) in [6.45, 7) is 1.97. The van der Waals surface area contributed by atoms with Gasteiger partial charge < -0.3 is 9.84 Å². The molecule has 14 heavy (non-hydrogen) atoms. The zero-order chi connectivity index (χ0) is 10.3. The molecule has 0 saturated heterocycles. The van der Waals surface area contributed by atoms with Crippen molar-refractivity contribution in [3.63, 3.8) is 0 Å². The maximum absolute atomic E-state index is 13.1. The van der Waals surface area contributed by atoms with Crippen molar-refractivity contribution in [2.75, 3.05) is 7.11 Å². The number of halogens is 1. The first-order valence-corrected chi connectivity index (χ1v) is 4.64. The van der Waals surface area contributed by atoms with E-state index >= 15 is 0 Å². The van der Waals surface area contributed by atoms with Crippen LogP contribution in [0.4, 0.5) is 4.39 Å². The number of methoxy groups -OCH3 is 1. The zero-order valence-corrected chi connectivity index (χ0v) is 8.25. The van der Waals surface area contributed by atoms with E-state index in [-0.39, 0.29) is 11.7 Å². The highest BCUT2D eigenvalue weighted by Crippen LogP contribution is 2.52. The quantitative estimate of drug-likeness (QED) is 0.784. The fourth-order valence-corrected chi connectivity index (χ4v) is 1.74. The van der Waals surface area contributed by atoms with E-state index in [9.17, 15) is 9.50 Å². The van der Waals surface area contributed by atoms with Crippen molar-refractivity contribution in [2.24, 2.45) is 5.92 Å². The monoisotopic (exact) mass is 196 g/mol. The minimum atomic E-state index is -0.763. The zero-order valence-electron chi connectivity index (χ0n) is 8.25.